The smallest absolute Gasteiger partial charge is 0.133 e. The fourth-order valence-corrected chi connectivity index (χ4v) is 2.29. The average molecular weight is 280 g/mol. The number of nitrogens with zero attached hydrogens (tertiary/aromatic N) is 2. The van der Waals surface area contributed by atoms with Crippen LogP contribution in [-0.2, 0) is 18.0 Å². The van der Waals surface area contributed by atoms with Crippen LogP contribution in [0.4, 0.5) is 5.82 Å². The van der Waals surface area contributed by atoms with Gasteiger partial charge in [-0.05, 0) is 28.1 Å². The number of halogens is 1. The fraction of sp³-hybridized carbons (Fsp3) is 0.182. The second-order valence-corrected chi connectivity index (χ2v) is 4.52. The summed E-state index contributed by atoms with van der Waals surface area (Å²) < 4.78 is 8.03. The number of ether oxygens (including phenoxy) is 1. The Labute approximate surface area is 101 Å². The Hall–Kier alpha value is -1.33. The summed E-state index contributed by atoms with van der Waals surface area (Å²) >= 11 is 3.49. The highest BCUT2D eigenvalue weighted by Crippen LogP contribution is 2.29. The molecule has 1 aliphatic heterocycles. The third-order valence-electron chi connectivity index (χ3n) is 2.67. The first kappa shape index (κ1) is 9.86. The maximum absolute atomic E-state index is 6.06. The van der Waals surface area contributed by atoms with E-state index < -0.39 is 0 Å². The van der Waals surface area contributed by atoms with Crippen molar-refractivity contribution < 1.29 is 4.74 Å². The van der Waals surface area contributed by atoms with E-state index in [9.17, 15) is 0 Å². The molecule has 1 aromatic carbocycles. The summed E-state index contributed by atoms with van der Waals surface area (Å²) in [5.74, 6) is 0.666. The van der Waals surface area contributed by atoms with Crippen LogP contribution in [0.1, 0.15) is 11.3 Å². The average Bonchev–Trinajstić information content (AvgIpc) is 2.83. The summed E-state index contributed by atoms with van der Waals surface area (Å²) in [6.07, 6.45) is 0. The Bertz CT molecular complexity index is 550. The summed E-state index contributed by atoms with van der Waals surface area (Å²) in [6, 6.07) is 7.87. The Morgan fingerprint density at radius 2 is 2.12 bits per heavy atom. The molecule has 2 aromatic rings. The molecule has 5 heteroatoms. The molecule has 1 aromatic heterocycles. The number of rotatable bonds is 1. The van der Waals surface area contributed by atoms with Crippen LogP contribution in [0.25, 0.3) is 5.69 Å². The van der Waals surface area contributed by atoms with E-state index in [-0.39, 0.29) is 0 Å². The maximum atomic E-state index is 6.06. The molecule has 0 spiro atoms. The molecule has 82 valence electrons. The van der Waals surface area contributed by atoms with Crippen molar-refractivity contribution in [2.75, 3.05) is 5.73 Å². The SMILES string of the molecule is Nc1c2c(nn1-c1ccccc1Br)COC2. The van der Waals surface area contributed by atoms with Crippen molar-refractivity contribution >= 4 is 21.7 Å². The van der Waals surface area contributed by atoms with Gasteiger partial charge in [-0.1, -0.05) is 12.1 Å². The van der Waals surface area contributed by atoms with Crippen LogP contribution in [-0.4, -0.2) is 9.78 Å². The molecule has 0 atom stereocenters. The van der Waals surface area contributed by atoms with E-state index >= 15 is 0 Å². The van der Waals surface area contributed by atoms with Crippen LogP contribution in [0.2, 0.25) is 0 Å². The molecule has 0 radical (unpaired) electrons. The van der Waals surface area contributed by atoms with Crippen molar-refractivity contribution in [1.29, 1.82) is 0 Å². The van der Waals surface area contributed by atoms with Crippen LogP contribution < -0.4 is 5.73 Å². The lowest BCUT2D eigenvalue weighted by Gasteiger charge is -2.07. The fourth-order valence-electron chi connectivity index (χ4n) is 1.84. The van der Waals surface area contributed by atoms with E-state index in [2.05, 4.69) is 21.0 Å². The molecule has 0 saturated heterocycles. The number of nitrogen functional groups attached to an aromatic ring is 1. The minimum absolute atomic E-state index is 0.553. The number of nitrogens with two attached hydrogens (primary N) is 1. The minimum atomic E-state index is 0.553. The molecular weight excluding hydrogens is 270 g/mol. The molecule has 0 saturated carbocycles. The van der Waals surface area contributed by atoms with Crippen LogP contribution in [0, 0.1) is 0 Å². The molecule has 16 heavy (non-hydrogen) atoms. The van der Waals surface area contributed by atoms with Crippen molar-refractivity contribution in [3.8, 4) is 5.69 Å². The topological polar surface area (TPSA) is 53.1 Å². The number of benzene rings is 1. The van der Waals surface area contributed by atoms with Crippen molar-refractivity contribution in [3.05, 3.63) is 40.0 Å². The number of hydrogen-bond donors (Lipinski definition) is 1. The maximum Gasteiger partial charge on any atom is 0.133 e. The number of hydrogen-bond acceptors (Lipinski definition) is 3. The summed E-state index contributed by atoms with van der Waals surface area (Å²) in [5, 5.41) is 4.46. The summed E-state index contributed by atoms with van der Waals surface area (Å²) in [4.78, 5) is 0. The Morgan fingerprint density at radius 1 is 1.31 bits per heavy atom. The van der Waals surface area contributed by atoms with Crippen molar-refractivity contribution in [2.24, 2.45) is 0 Å². The van der Waals surface area contributed by atoms with Crippen molar-refractivity contribution in [1.82, 2.24) is 9.78 Å². The van der Waals surface area contributed by atoms with E-state index in [1.165, 1.54) is 0 Å². The summed E-state index contributed by atoms with van der Waals surface area (Å²) in [6.45, 7) is 1.11. The van der Waals surface area contributed by atoms with Gasteiger partial charge < -0.3 is 10.5 Å². The monoisotopic (exact) mass is 279 g/mol. The Balaban J connectivity index is 2.18. The van der Waals surface area contributed by atoms with Gasteiger partial charge >= 0.3 is 0 Å². The summed E-state index contributed by atoms with van der Waals surface area (Å²) in [5.41, 5.74) is 8.96. The molecule has 4 nitrogen and oxygen atoms in total. The van der Waals surface area contributed by atoms with Crippen LogP contribution >= 0.6 is 15.9 Å². The van der Waals surface area contributed by atoms with Gasteiger partial charge in [0, 0.05) is 10.0 Å². The van der Waals surface area contributed by atoms with E-state index in [1.54, 1.807) is 4.68 Å². The molecular formula is C11H10BrN3O. The predicted molar refractivity (Wildman–Crippen MR) is 64.2 cm³/mol. The second-order valence-electron chi connectivity index (χ2n) is 3.67. The first-order valence-corrected chi connectivity index (χ1v) is 5.75. The molecule has 2 N–H and O–H groups in total. The highest BCUT2D eigenvalue weighted by atomic mass is 79.9. The van der Waals surface area contributed by atoms with E-state index in [4.69, 9.17) is 10.5 Å². The molecule has 0 bridgehead atoms. The van der Waals surface area contributed by atoms with Crippen molar-refractivity contribution in [3.63, 3.8) is 0 Å². The lowest BCUT2D eigenvalue weighted by molar-refractivity contribution is 0.131. The molecule has 0 unspecified atom stereocenters. The van der Waals surface area contributed by atoms with Crippen molar-refractivity contribution in [2.45, 2.75) is 13.2 Å². The zero-order valence-electron chi connectivity index (χ0n) is 8.48. The Morgan fingerprint density at radius 3 is 2.88 bits per heavy atom. The minimum Gasteiger partial charge on any atom is -0.383 e. The van der Waals surface area contributed by atoms with Gasteiger partial charge in [0.05, 0.1) is 24.6 Å². The third-order valence-corrected chi connectivity index (χ3v) is 3.34. The molecule has 1 aliphatic rings. The second kappa shape index (κ2) is 3.61. The normalized spacial score (nSPS) is 14.1. The zero-order chi connectivity index (χ0) is 11.1. The van der Waals surface area contributed by atoms with Gasteiger partial charge in [-0.2, -0.15) is 5.10 Å². The summed E-state index contributed by atoms with van der Waals surface area (Å²) in [7, 11) is 0. The third kappa shape index (κ3) is 1.36. The highest BCUT2D eigenvalue weighted by Gasteiger charge is 2.22. The Kier molecular flexibility index (Phi) is 2.22. The van der Waals surface area contributed by atoms with Gasteiger partial charge in [-0.15, -0.1) is 0 Å². The number of anilines is 1. The molecule has 0 amide bonds. The van der Waals surface area contributed by atoms with E-state index in [0.717, 1.165) is 21.4 Å². The van der Waals surface area contributed by atoms with Crippen LogP contribution in [0.5, 0.6) is 0 Å². The number of fused-ring (bicyclic) bond motifs is 1. The lowest BCUT2D eigenvalue weighted by atomic mass is 10.3. The van der Waals surface area contributed by atoms with Gasteiger partial charge in [-0.25, -0.2) is 4.68 Å². The van der Waals surface area contributed by atoms with E-state index in [0.29, 0.717) is 19.0 Å². The molecule has 3 rings (SSSR count). The predicted octanol–water partition coefficient (Wildman–Crippen LogP) is 2.25. The standard InChI is InChI=1S/C11H10BrN3O/c12-8-3-1-2-4-10(8)15-11(13)7-5-16-6-9(7)14-15/h1-4H,5-6,13H2. The van der Waals surface area contributed by atoms with Gasteiger partial charge in [-0.3, -0.25) is 0 Å². The quantitative estimate of drug-likeness (QED) is 0.871. The first-order valence-electron chi connectivity index (χ1n) is 4.96. The van der Waals surface area contributed by atoms with Gasteiger partial charge in [0.25, 0.3) is 0 Å². The van der Waals surface area contributed by atoms with Gasteiger partial charge in [0.1, 0.15) is 5.82 Å². The molecule has 2 heterocycles. The number of aromatic nitrogens is 2. The highest BCUT2D eigenvalue weighted by molar-refractivity contribution is 9.10. The zero-order valence-corrected chi connectivity index (χ0v) is 10.1. The van der Waals surface area contributed by atoms with Crippen LogP contribution in [0.3, 0.4) is 0 Å². The van der Waals surface area contributed by atoms with Gasteiger partial charge in [0.15, 0.2) is 0 Å². The molecule has 0 aliphatic carbocycles. The number of para-hydroxylation sites is 1. The molecule has 0 fully saturated rings. The largest absolute Gasteiger partial charge is 0.383 e. The van der Waals surface area contributed by atoms with Gasteiger partial charge in [0.2, 0.25) is 0 Å². The lowest BCUT2D eigenvalue weighted by Crippen LogP contribution is -2.04. The van der Waals surface area contributed by atoms with E-state index in [1.807, 2.05) is 24.3 Å². The first-order chi connectivity index (χ1) is 7.77. The van der Waals surface area contributed by atoms with Crippen LogP contribution in [0.15, 0.2) is 28.7 Å².